The Bertz CT molecular complexity index is 936. The van der Waals surface area contributed by atoms with E-state index >= 15 is 0 Å². The maximum absolute atomic E-state index is 12.5. The minimum Gasteiger partial charge on any atom is -0.481 e. The SMILES string of the molecule is C[C@H]1[C@@H]2[C@H]3CC[C@@H]4[C@@]5(C)CC[C@H](O)C(C)(C(=O)O)C5CC[C@@]4(C)[C@]3(C)CC[C@@]23CC[C@]1(C)OC3O. The van der Waals surface area contributed by atoms with Gasteiger partial charge in [-0.15, -0.1) is 0 Å². The average molecular weight is 489 g/mol. The zero-order chi connectivity index (χ0) is 25.4. The molecule has 7 aliphatic rings. The van der Waals surface area contributed by atoms with E-state index in [1.165, 1.54) is 6.42 Å². The van der Waals surface area contributed by atoms with Crippen molar-refractivity contribution >= 4 is 5.97 Å². The molecule has 0 amide bonds. The minimum absolute atomic E-state index is 0.0168. The van der Waals surface area contributed by atoms with E-state index in [4.69, 9.17) is 4.74 Å². The Balaban J connectivity index is 1.40. The number of aliphatic hydroxyl groups is 2. The highest BCUT2D eigenvalue weighted by Gasteiger charge is 2.74. The molecule has 2 saturated heterocycles. The second-order valence-electron chi connectivity index (χ2n) is 15.1. The molecule has 5 heteroatoms. The molecule has 5 aliphatic carbocycles. The number of carbonyl (C=O) groups is 1. The van der Waals surface area contributed by atoms with Crippen LogP contribution >= 0.6 is 0 Å². The predicted octanol–water partition coefficient (Wildman–Crippen LogP) is 5.62. The zero-order valence-electron chi connectivity index (χ0n) is 22.8. The van der Waals surface area contributed by atoms with E-state index in [-0.39, 0.29) is 33.2 Å². The molecular weight excluding hydrogens is 440 g/mol. The molecule has 7 fully saturated rings. The van der Waals surface area contributed by atoms with Crippen LogP contribution in [0.3, 0.4) is 0 Å². The second kappa shape index (κ2) is 7.05. The summed E-state index contributed by atoms with van der Waals surface area (Å²) in [4.78, 5) is 12.5. The van der Waals surface area contributed by atoms with Crippen molar-refractivity contribution in [3.8, 4) is 0 Å². The Morgan fingerprint density at radius 2 is 1.49 bits per heavy atom. The van der Waals surface area contributed by atoms with E-state index in [1.807, 2.05) is 6.92 Å². The van der Waals surface area contributed by atoms with Crippen molar-refractivity contribution in [1.29, 1.82) is 0 Å². The van der Waals surface area contributed by atoms with Crippen molar-refractivity contribution in [2.45, 2.75) is 124 Å². The van der Waals surface area contributed by atoms with Crippen molar-refractivity contribution in [3.63, 3.8) is 0 Å². The summed E-state index contributed by atoms with van der Waals surface area (Å²) >= 11 is 0. The molecule has 13 atom stereocenters. The summed E-state index contributed by atoms with van der Waals surface area (Å²) in [6.07, 6.45) is 8.68. The van der Waals surface area contributed by atoms with Crippen molar-refractivity contribution in [1.82, 2.24) is 0 Å². The lowest BCUT2D eigenvalue weighted by Gasteiger charge is -2.75. The summed E-state index contributed by atoms with van der Waals surface area (Å²) in [5.74, 6) is 1.18. The van der Waals surface area contributed by atoms with Gasteiger partial charge in [0.15, 0.2) is 6.29 Å². The third kappa shape index (κ3) is 2.60. The highest BCUT2D eigenvalue weighted by molar-refractivity contribution is 5.76. The van der Waals surface area contributed by atoms with E-state index in [0.29, 0.717) is 30.1 Å². The summed E-state index contributed by atoms with van der Waals surface area (Å²) in [5.41, 5.74) is -1.12. The van der Waals surface area contributed by atoms with E-state index in [1.54, 1.807) is 0 Å². The molecule has 1 spiro atoms. The van der Waals surface area contributed by atoms with Gasteiger partial charge in [0.05, 0.1) is 17.1 Å². The fraction of sp³-hybridized carbons (Fsp3) is 0.967. The fourth-order valence-electron chi connectivity index (χ4n) is 12.2. The Kier molecular flexibility index (Phi) is 4.97. The van der Waals surface area contributed by atoms with Crippen LogP contribution in [0.5, 0.6) is 0 Å². The van der Waals surface area contributed by atoms with Gasteiger partial charge in [0.1, 0.15) is 0 Å². The fourth-order valence-corrected chi connectivity index (χ4v) is 12.2. The summed E-state index contributed by atoms with van der Waals surface area (Å²) in [6.45, 7) is 13.9. The van der Waals surface area contributed by atoms with E-state index in [0.717, 1.165) is 51.4 Å². The van der Waals surface area contributed by atoms with Crippen LogP contribution in [0.15, 0.2) is 0 Å². The number of aliphatic hydroxyl groups excluding tert-OH is 2. The normalized spacial score (nSPS) is 63.4. The van der Waals surface area contributed by atoms with E-state index < -0.39 is 23.8 Å². The average Bonchev–Trinajstić information content (AvgIpc) is 2.79. The number of fused-ring (bicyclic) bond motifs is 7. The molecule has 198 valence electrons. The van der Waals surface area contributed by atoms with E-state index in [9.17, 15) is 20.1 Å². The molecule has 0 radical (unpaired) electrons. The summed E-state index contributed by atoms with van der Waals surface area (Å²) in [7, 11) is 0. The molecule has 7 rings (SSSR count). The number of aliphatic carboxylic acids is 1. The second-order valence-corrected chi connectivity index (χ2v) is 15.1. The first-order chi connectivity index (χ1) is 16.2. The molecule has 0 aromatic heterocycles. The lowest BCUT2D eigenvalue weighted by molar-refractivity contribution is -0.377. The molecular formula is C30H48O5. The highest BCUT2D eigenvalue weighted by Crippen LogP contribution is 2.78. The Labute approximate surface area is 211 Å². The largest absolute Gasteiger partial charge is 0.481 e. The van der Waals surface area contributed by atoms with Crippen molar-refractivity contribution in [3.05, 3.63) is 0 Å². The molecule has 3 N–H and O–H groups in total. The van der Waals surface area contributed by atoms with Gasteiger partial charge in [0.25, 0.3) is 0 Å². The molecule has 2 heterocycles. The number of ether oxygens (including phenoxy) is 1. The molecule has 5 saturated carbocycles. The number of hydrogen-bond acceptors (Lipinski definition) is 4. The van der Waals surface area contributed by atoms with Gasteiger partial charge in [-0.2, -0.15) is 0 Å². The molecule has 2 aliphatic heterocycles. The zero-order valence-corrected chi connectivity index (χ0v) is 22.8. The van der Waals surface area contributed by atoms with Gasteiger partial charge in [0.2, 0.25) is 0 Å². The number of hydrogen-bond donors (Lipinski definition) is 3. The molecule has 3 unspecified atom stereocenters. The minimum atomic E-state index is -1.06. The Hall–Kier alpha value is -0.650. The molecule has 35 heavy (non-hydrogen) atoms. The van der Waals surface area contributed by atoms with Gasteiger partial charge >= 0.3 is 5.97 Å². The van der Waals surface area contributed by atoms with Crippen LogP contribution < -0.4 is 0 Å². The quantitative estimate of drug-likeness (QED) is 0.446. The molecule has 5 nitrogen and oxygen atoms in total. The van der Waals surface area contributed by atoms with Crippen molar-refractivity contribution < 1.29 is 24.9 Å². The molecule has 2 bridgehead atoms. The van der Waals surface area contributed by atoms with Crippen molar-refractivity contribution in [2.24, 2.45) is 56.7 Å². The monoisotopic (exact) mass is 488 g/mol. The predicted molar refractivity (Wildman–Crippen MR) is 133 cm³/mol. The van der Waals surface area contributed by atoms with E-state index in [2.05, 4.69) is 34.6 Å². The highest BCUT2D eigenvalue weighted by atomic mass is 16.6. The first-order valence-corrected chi connectivity index (χ1v) is 14.5. The van der Waals surface area contributed by atoms with Gasteiger partial charge in [-0.25, -0.2) is 0 Å². The number of rotatable bonds is 1. The summed E-state index contributed by atoms with van der Waals surface area (Å²) in [6, 6.07) is 0. The van der Waals surface area contributed by atoms with Gasteiger partial charge in [-0.05, 0) is 124 Å². The summed E-state index contributed by atoms with van der Waals surface area (Å²) < 4.78 is 6.31. The Morgan fingerprint density at radius 3 is 2.14 bits per heavy atom. The third-order valence-corrected chi connectivity index (χ3v) is 14.7. The topological polar surface area (TPSA) is 87.0 Å². The lowest BCUT2D eigenvalue weighted by Crippen LogP contribution is -2.73. The molecule has 0 aromatic carbocycles. The van der Waals surface area contributed by atoms with Crippen LogP contribution in [0, 0.1) is 56.7 Å². The van der Waals surface area contributed by atoms with Crippen LogP contribution in [-0.2, 0) is 9.53 Å². The van der Waals surface area contributed by atoms with Crippen LogP contribution in [0.1, 0.15) is 106 Å². The smallest absolute Gasteiger partial charge is 0.312 e. The lowest BCUT2D eigenvalue weighted by atomic mass is 9.30. The van der Waals surface area contributed by atoms with Crippen LogP contribution in [-0.4, -0.2) is 39.3 Å². The van der Waals surface area contributed by atoms with Gasteiger partial charge in [-0.3, -0.25) is 4.79 Å². The molecule has 0 aromatic rings. The van der Waals surface area contributed by atoms with Gasteiger partial charge in [0, 0.05) is 5.41 Å². The first-order valence-electron chi connectivity index (χ1n) is 14.5. The third-order valence-electron chi connectivity index (χ3n) is 14.7. The maximum Gasteiger partial charge on any atom is 0.312 e. The standard InChI is InChI=1S/C30H48O5/c1-17-22-18-7-8-19-25(2)11-10-21(31)29(6,23(32)33)20(25)9-12-27(19,4)26(18,3)13-15-30(22)16-14-28(17,5)35-24(30)34/h17-22,24,31,34H,7-16H2,1-6H3,(H,32,33)/t17-,18+,19+,20?,21-,22+,24?,25+,26+,27+,28-,29?,30+/m0/s1. The maximum atomic E-state index is 12.5. The van der Waals surface area contributed by atoms with Gasteiger partial charge in [-0.1, -0.05) is 27.7 Å². The van der Waals surface area contributed by atoms with Crippen molar-refractivity contribution in [2.75, 3.05) is 0 Å². The summed E-state index contributed by atoms with van der Waals surface area (Å²) in [5, 5.41) is 32.5. The number of carboxylic acid groups (broad SMARTS) is 1. The first kappa shape index (κ1) is 24.7. The Morgan fingerprint density at radius 1 is 0.800 bits per heavy atom. The van der Waals surface area contributed by atoms with Gasteiger partial charge < -0.3 is 20.1 Å². The van der Waals surface area contributed by atoms with Crippen LogP contribution in [0.4, 0.5) is 0 Å². The number of carboxylic acids is 1. The van der Waals surface area contributed by atoms with Crippen LogP contribution in [0.2, 0.25) is 0 Å². The van der Waals surface area contributed by atoms with Crippen LogP contribution in [0.25, 0.3) is 0 Å².